The highest BCUT2D eigenvalue weighted by Gasteiger charge is 2.43. The summed E-state index contributed by atoms with van der Waals surface area (Å²) < 4.78 is 10.9. The van der Waals surface area contributed by atoms with E-state index in [9.17, 15) is 9.59 Å². The van der Waals surface area contributed by atoms with Crippen LogP contribution in [0.2, 0.25) is 0 Å². The van der Waals surface area contributed by atoms with Gasteiger partial charge >= 0.3 is 0 Å². The fourth-order valence-electron chi connectivity index (χ4n) is 3.97. The number of nitrogens with zero attached hydrogens (tertiary/aromatic N) is 2. The predicted molar refractivity (Wildman–Crippen MR) is 96.4 cm³/mol. The Morgan fingerprint density at radius 2 is 1.81 bits per heavy atom. The molecule has 3 heterocycles. The Kier molecular flexibility index (Phi) is 4.68. The van der Waals surface area contributed by atoms with Gasteiger partial charge < -0.3 is 14.4 Å². The number of benzene rings is 1. The van der Waals surface area contributed by atoms with Crippen molar-refractivity contribution in [2.45, 2.75) is 31.8 Å². The lowest BCUT2D eigenvalue weighted by atomic mass is 10.0. The molecule has 1 atom stereocenters. The van der Waals surface area contributed by atoms with E-state index in [1.807, 2.05) is 24.3 Å². The molecule has 0 N–H and O–H groups in total. The zero-order valence-electron chi connectivity index (χ0n) is 15.1. The number of carbonyl (C=O) groups excluding carboxylic acids is 2. The van der Waals surface area contributed by atoms with Crippen LogP contribution in [0, 0.1) is 0 Å². The third-order valence-corrected chi connectivity index (χ3v) is 5.35. The SMILES string of the molecule is COc1ccc(C2=C(N3CCCC3)C(=O)N(CC3CCCO3)C2=O)cc1. The summed E-state index contributed by atoms with van der Waals surface area (Å²) in [5, 5.41) is 0. The number of likely N-dealkylation sites (tertiary alicyclic amines) is 1. The average molecular weight is 356 g/mol. The number of hydrogen-bond donors (Lipinski definition) is 0. The van der Waals surface area contributed by atoms with Gasteiger partial charge in [-0.25, -0.2) is 0 Å². The summed E-state index contributed by atoms with van der Waals surface area (Å²) in [7, 11) is 1.61. The van der Waals surface area contributed by atoms with Crippen molar-refractivity contribution in [3.8, 4) is 5.75 Å². The minimum Gasteiger partial charge on any atom is -0.497 e. The molecule has 6 heteroatoms. The van der Waals surface area contributed by atoms with Crippen molar-refractivity contribution in [3.05, 3.63) is 35.5 Å². The standard InChI is InChI=1S/C20H24N2O4/c1-25-15-8-6-14(7-9-15)17-18(21-10-2-3-11-21)20(24)22(19(17)23)13-16-5-4-12-26-16/h6-9,16H,2-5,10-13H2,1H3. The Labute approximate surface area is 153 Å². The first-order valence-electron chi connectivity index (χ1n) is 9.30. The summed E-state index contributed by atoms with van der Waals surface area (Å²) >= 11 is 0. The molecule has 0 saturated carbocycles. The van der Waals surface area contributed by atoms with E-state index in [2.05, 4.69) is 4.90 Å². The molecule has 1 aromatic carbocycles. The maximum atomic E-state index is 13.2. The van der Waals surface area contributed by atoms with E-state index >= 15 is 0 Å². The molecule has 4 rings (SSSR count). The van der Waals surface area contributed by atoms with Crippen molar-refractivity contribution in [2.24, 2.45) is 0 Å². The van der Waals surface area contributed by atoms with Gasteiger partial charge in [-0.05, 0) is 43.4 Å². The molecule has 2 amide bonds. The molecule has 6 nitrogen and oxygen atoms in total. The van der Waals surface area contributed by atoms with E-state index < -0.39 is 0 Å². The van der Waals surface area contributed by atoms with Crippen molar-refractivity contribution in [2.75, 3.05) is 33.4 Å². The monoisotopic (exact) mass is 356 g/mol. The van der Waals surface area contributed by atoms with Gasteiger partial charge in [0.25, 0.3) is 11.8 Å². The van der Waals surface area contributed by atoms with Gasteiger partial charge in [-0.15, -0.1) is 0 Å². The molecule has 3 aliphatic heterocycles. The molecule has 0 aromatic heterocycles. The maximum Gasteiger partial charge on any atom is 0.277 e. The zero-order chi connectivity index (χ0) is 18.1. The fraction of sp³-hybridized carbons (Fsp3) is 0.500. The summed E-state index contributed by atoms with van der Waals surface area (Å²) in [6, 6.07) is 7.35. The maximum absolute atomic E-state index is 13.2. The van der Waals surface area contributed by atoms with Gasteiger partial charge in [-0.2, -0.15) is 0 Å². The third kappa shape index (κ3) is 2.98. The molecule has 2 fully saturated rings. The average Bonchev–Trinajstić information content (AvgIpc) is 3.40. The first-order valence-corrected chi connectivity index (χ1v) is 9.30. The van der Waals surface area contributed by atoms with Crippen LogP contribution in [-0.2, 0) is 14.3 Å². The molecule has 0 radical (unpaired) electrons. The quantitative estimate of drug-likeness (QED) is 0.756. The minimum absolute atomic E-state index is 0.0436. The van der Waals surface area contributed by atoms with E-state index in [1.165, 1.54) is 4.90 Å². The molecule has 1 unspecified atom stereocenters. The summed E-state index contributed by atoms with van der Waals surface area (Å²) in [6.45, 7) is 2.69. The van der Waals surface area contributed by atoms with Gasteiger partial charge in [0, 0.05) is 19.7 Å². The van der Waals surface area contributed by atoms with Crippen LogP contribution in [0.3, 0.4) is 0 Å². The van der Waals surface area contributed by atoms with Gasteiger partial charge in [0.1, 0.15) is 11.4 Å². The number of rotatable bonds is 5. The fourth-order valence-corrected chi connectivity index (χ4v) is 3.97. The van der Waals surface area contributed by atoms with Crippen LogP contribution in [0.1, 0.15) is 31.2 Å². The third-order valence-electron chi connectivity index (χ3n) is 5.35. The molecule has 1 aromatic rings. The van der Waals surface area contributed by atoms with E-state index in [0.29, 0.717) is 24.4 Å². The van der Waals surface area contributed by atoms with Gasteiger partial charge in [0.15, 0.2) is 0 Å². The summed E-state index contributed by atoms with van der Waals surface area (Å²) in [5.74, 6) is 0.334. The highest BCUT2D eigenvalue weighted by molar-refractivity contribution is 6.35. The Bertz CT molecular complexity index is 729. The van der Waals surface area contributed by atoms with E-state index in [1.54, 1.807) is 7.11 Å². The van der Waals surface area contributed by atoms with Gasteiger partial charge in [0.2, 0.25) is 0 Å². The second kappa shape index (κ2) is 7.11. The molecular formula is C20H24N2O4. The number of hydrogen-bond acceptors (Lipinski definition) is 5. The van der Waals surface area contributed by atoms with Crippen molar-refractivity contribution < 1.29 is 19.1 Å². The second-order valence-electron chi connectivity index (χ2n) is 7.00. The number of ether oxygens (including phenoxy) is 2. The highest BCUT2D eigenvalue weighted by atomic mass is 16.5. The van der Waals surface area contributed by atoms with Crippen molar-refractivity contribution in [3.63, 3.8) is 0 Å². The van der Waals surface area contributed by atoms with Crippen LogP contribution in [0.15, 0.2) is 30.0 Å². The van der Waals surface area contributed by atoms with Gasteiger partial charge in [0.05, 0.1) is 25.3 Å². The molecule has 0 aliphatic carbocycles. The summed E-state index contributed by atoms with van der Waals surface area (Å²) in [4.78, 5) is 29.7. The van der Waals surface area contributed by atoms with Crippen LogP contribution in [-0.4, -0.2) is 61.1 Å². The number of amides is 2. The van der Waals surface area contributed by atoms with Crippen LogP contribution in [0.4, 0.5) is 0 Å². The van der Waals surface area contributed by atoms with Crippen LogP contribution in [0.25, 0.3) is 5.57 Å². The Morgan fingerprint density at radius 3 is 2.42 bits per heavy atom. The molecule has 3 aliphatic rings. The van der Waals surface area contributed by atoms with E-state index in [-0.39, 0.29) is 17.9 Å². The first kappa shape index (κ1) is 17.1. The van der Waals surface area contributed by atoms with E-state index in [4.69, 9.17) is 9.47 Å². The number of methoxy groups -OCH3 is 1. The molecule has 0 bridgehead atoms. The lowest BCUT2D eigenvalue weighted by molar-refractivity contribution is -0.139. The second-order valence-corrected chi connectivity index (χ2v) is 7.00. The van der Waals surface area contributed by atoms with Crippen molar-refractivity contribution in [1.82, 2.24) is 9.80 Å². The smallest absolute Gasteiger partial charge is 0.277 e. The van der Waals surface area contributed by atoms with Crippen molar-refractivity contribution in [1.29, 1.82) is 0 Å². The molecule has 138 valence electrons. The summed E-state index contributed by atoms with van der Waals surface area (Å²) in [6.07, 6.45) is 3.93. The highest BCUT2D eigenvalue weighted by Crippen LogP contribution is 2.34. The lowest BCUT2D eigenvalue weighted by Gasteiger charge is -2.21. The molecule has 26 heavy (non-hydrogen) atoms. The molecular weight excluding hydrogens is 332 g/mol. The minimum atomic E-state index is -0.211. The van der Waals surface area contributed by atoms with Crippen LogP contribution in [0.5, 0.6) is 5.75 Å². The largest absolute Gasteiger partial charge is 0.497 e. The van der Waals surface area contributed by atoms with Gasteiger partial charge in [-0.1, -0.05) is 12.1 Å². The zero-order valence-corrected chi connectivity index (χ0v) is 15.1. The number of carbonyl (C=O) groups is 2. The van der Waals surface area contributed by atoms with Crippen molar-refractivity contribution >= 4 is 17.4 Å². The normalized spacial score (nSPS) is 23.5. The predicted octanol–water partition coefficient (Wildman–Crippen LogP) is 2.05. The Balaban J connectivity index is 1.69. The lowest BCUT2D eigenvalue weighted by Crippen LogP contribution is -2.39. The van der Waals surface area contributed by atoms with Gasteiger partial charge in [-0.3, -0.25) is 14.5 Å². The van der Waals surface area contributed by atoms with Crippen LogP contribution >= 0.6 is 0 Å². The summed E-state index contributed by atoms with van der Waals surface area (Å²) in [5.41, 5.74) is 1.83. The molecule has 0 spiro atoms. The number of imide groups is 1. The Morgan fingerprint density at radius 1 is 1.08 bits per heavy atom. The first-order chi connectivity index (χ1) is 12.7. The Hall–Kier alpha value is -2.34. The van der Waals surface area contributed by atoms with Crippen LogP contribution < -0.4 is 4.74 Å². The molecule has 2 saturated heterocycles. The topological polar surface area (TPSA) is 59.1 Å². The van der Waals surface area contributed by atoms with E-state index in [0.717, 1.165) is 50.1 Å².